The summed E-state index contributed by atoms with van der Waals surface area (Å²) in [6, 6.07) is 153. The Morgan fingerprint density at radius 1 is 0.0794 bits per heavy atom. The topological polar surface area (TPSA) is 19.4 Å². The molecule has 0 heterocycles. The fourth-order valence-corrected chi connectivity index (χ4v) is 17.8. The number of rotatable bonds is 21. The van der Waals surface area contributed by atoms with Crippen LogP contribution in [0, 0.1) is 0 Å². The predicted octanol–water partition coefficient (Wildman–Crippen LogP) is 40.0. The molecule has 0 aliphatic rings. The molecule has 18 heteroatoms. The summed E-state index contributed by atoms with van der Waals surface area (Å²) in [5.41, 5.74) is 26.7. The van der Waals surface area contributed by atoms with E-state index in [1.54, 1.807) is 0 Å². The fraction of sp³-hybridized carbons (Fsp3) is 0. The molecule has 126 heavy (non-hydrogen) atoms. The van der Waals surface area contributed by atoms with Gasteiger partial charge < -0.3 is 29.4 Å². The molecule has 0 bridgehead atoms. The van der Waals surface area contributed by atoms with Crippen LogP contribution in [0.4, 0.5) is 102 Å². The van der Waals surface area contributed by atoms with Crippen LogP contribution in [-0.4, -0.2) is 0 Å². The molecule has 0 unspecified atom stereocenters. The van der Waals surface area contributed by atoms with E-state index < -0.39 is 0 Å². The minimum Gasteiger partial charge on any atom is -0.311 e. The third kappa shape index (κ3) is 22.8. The average Bonchev–Trinajstić information content (AvgIpc) is 0.806. The lowest BCUT2D eigenvalue weighted by Gasteiger charge is -2.26. The van der Waals surface area contributed by atoms with Crippen LogP contribution >= 0.6 is 191 Å². The first-order valence-electron chi connectivity index (χ1n) is 39.8. The fourth-order valence-electron chi connectivity index (χ4n) is 14.6. The summed E-state index contributed by atoms with van der Waals surface area (Å²) in [6.07, 6.45) is 0. The first-order valence-corrected chi connectivity index (χ1v) is 49.3. The van der Waals surface area contributed by atoms with Crippen molar-refractivity contribution < 1.29 is 0 Å². The number of anilines is 18. The highest BCUT2D eigenvalue weighted by Gasteiger charge is 2.21. The number of benzene rings is 18. The summed E-state index contributed by atoms with van der Waals surface area (Å²) in [5.74, 6) is 0. The van der Waals surface area contributed by atoms with E-state index in [4.69, 9.17) is 0 Å². The monoisotopic (exact) mass is 2400 g/mol. The van der Waals surface area contributed by atoms with Crippen LogP contribution in [0.3, 0.4) is 0 Å². The predicted molar refractivity (Wildman–Crippen MR) is 576 cm³/mol. The summed E-state index contributed by atoms with van der Waals surface area (Å²) in [7, 11) is 0. The number of halogens is 12. The largest absolute Gasteiger partial charge is 0.311 e. The molecule has 0 aliphatic carbocycles. The second-order valence-corrected chi connectivity index (χ2v) is 40.0. The number of hydrogen-bond acceptors (Lipinski definition) is 6. The van der Waals surface area contributed by atoms with Gasteiger partial charge in [-0.1, -0.05) is 264 Å². The Balaban J connectivity index is 0.000000139. The zero-order valence-corrected chi connectivity index (χ0v) is 85.8. The van der Waals surface area contributed by atoms with E-state index in [1.165, 1.54) is 0 Å². The third-order valence-corrected chi connectivity index (χ3v) is 27.1. The molecule has 18 aromatic carbocycles. The van der Waals surface area contributed by atoms with Crippen molar-refractivity contribution in [3.8, 4) is 33.4 Å². The molecule has 0 aliphatic heterocycles. The summed E-state index contributed by atoms with van der Waals surface area (Å²) in [4.78, 5) is 13.6. The molecular weight excluding hydrogens is 2340 g/mol. The van der Waals surface area contributed by atoms with Crippen LogP contribution in [0.15, 0.2) is 490 Å². The minimum absolute atomic E-state index is 1.06. The lowest BCUT2D eigenvalue weighted by Crippen LogP contribution is -2.10. The molecule has 0 aromatic heterocycles. The van der Waals surface area contributed by atoms with Gasteiger partial charge >= 0.3 is 0 Å². The highest BCUT2D eigenvalue weighted by Crippen LogP contribution is 2.46. The van der Waals surface area contributed by atoms with Gasteiger partial charge in [-0.25, -0.2) is 0 Å². The van der Waals surface area contributed by atoms with Crippen LogP contribution < -0.4 is 29.4 Å². The molecule has 18 rings (SSSR count). The molecule has 0 saturated carbocycles. The van der Waals surface area contributed by atoms with E-state index in [0.29, 0.717) is 0 Å². The smallest absolute Gasteiger partial charge is 0.0462 e. The highest BCUT2D eigenvalue weighted by atomic mass is 79.9. The molecule has 18 aromatic rings. The van der Waals surface area contributed by atoms with Crippen LogP contribution in [-0.2, 0) is 0 Å². The summed E-state index contributed by atoms with van der Waals surface area (Å²) >= 11 is 42.8. The van der Waals surface area contributed by atoms with Gasteiger partial charge in [-0.2, -0.15) is 0 Å². The second kappa shape index (κ2) is 42.6. The molecule has 0 atom stereocenters. The van der Waals surface area contributed by atoms with Crippen molar-refractivity contribution in [2.45, 2.75) is 0 Å². The minimum atomic E-state index is 1.06. The van der Waals surface area contributed by atoms with Crippen molar-refractivity contribution in [1.29, 1.82) is 0 Å². The van der Waals surface area contributed by atoms with Gasteiger partial charge in [0, 0.05) is 156 Å². The average molecular weight is 2410 g/mol. The zero-order chi connectivity index (χ0) is 87.2. The van der Waals surface area contributed by atoms with E-state index in [9.17, 15) is 0 Å². The Kier molecular flexibility index (Phi) is 30.4. The van der Waals surface area contributed by atoms with Gasteiger partial charge in [-0.3, -0.25) is 0 Å². The van der Waals surface area contributed by atoms with Crippen LogP contribution in [0.25, 0.3) is 33.4 Å². The Labute approximate surface area is 836 Å². The first kappa shape index (κ1) is 89.9. The molecule has 0 fully saturated rings. The van der Waals surface area contributed by atoms with Gasteiger partial charge in [0.15, 0.2) is 0 Å². The van der Waals surface area contributed by atoms with Gasteiger partial charge in [-0.05, 0) is 397 Å². The Morgan fingerprint density at radius 3 is 0.198 bits per heavy atom. The molecule has 0 amide bonds. The van der Waals surface area contributed by atoms with E-state index in [2.05, 4.69) is 657 Å². The van der Waals surface area contributed by atoms with Gasteiger partial charge in [0.25, 0.3) is 0 Å². The molecule has 0 spiro atoms. The normalized spacial score (nSPS) is 10.9. The van der Waals surface area contributed by atoms with Crippen molar-refractivity contribution >= 4 is 294 Å². The lowest BCUT2D eigenvalue weighted by atomic mass is 10.0. The number of hydrogen-bond donors (Lipinski definition) is 0. The van der Waals surface area contributed by atoms with E-state index in [1.807, 2.05) is 0 Å². The summed E-state index contributed by atoms with van der Waals surface area (Å²) < 4.78 is 12.7. The summed E-state index contributed by atoms with van der Waals surface area (Å²) in [6.45, 7) is 0. The highest BCUT2D eigenvalue weighted by molar-refractivity contribution is 9.12. The summed E-state index contributed by atoms with van der Waals surface area (Å²) in [5, 5.41) is 0. The zero-order valence-electron chi connectivity index (χ0n) is 66.8. The van der Waals surface area contributed by atoms with Gasteiger partial charge in [0.1, 0.15) is 0 Å². The van der Waals surface area contributed by atoms with E-state index in [0.717, 1.165) is 189 Å². The number of nitrogens with zero attached hydrogens (tertiary/aromatic N) is 6. The molecule has 0 radical (unpaired) electrons. The maximum absolute atomic E-state index is 3.57. The van der Waals surface area contributed by atoms with Gasteiger partial charge in [-0.15, -0.1) is 0 Å². The maximum atomic E-state index is 3.57. The first-order chi connectivity index (χ1) is 61.3. The van der Waals surface area contributed by atoms with Crippen molar-refractivity contribution in [1.82, 2.24) is 0 Å². The third-order valence-electron chi connectivity index (χ3n) is 20.8. The Bertz CT molecular complexity index is 5270. The van der Waals surface area contributed by atoms with Crippen molar-refractivity contribution in [2.75, 3.05) is 29.4 Å². The molecule has 618 valence electrons. The van der Waals surface area contributed by atoms with E-state index in [-0.39, 0.29) is 0 Å². The standard InChI is InChI=1S/3C36H24Br4N2/c3*37-27-5-17-33(18-6-27)41(34-19-7-28(38)8-20-34)31-13-1-25(2-14-31)26-3-15-32(16-4-26)42(35-21-9-29(39)10-22-35)36-23-11-30(40)12-24-36/h3*1-24H. The van der Waals surface area contributed by atoms with Crippen LogP contribution in [0.2, 0.25) is 0 Å². The van der Waals surface area contributed by atoms with Crippen molar-refractivity contribution in [2.24, 2.45) is 0 Å². The Morgan fingerprint density at radius 2 is 0.135 bits per heavy atom. The molecule has 0 N–H and O–H groups in total. The lowest BCUT2D eigenvalue weighted by molar-refractivity contribution is 1.27. The van der Waals surface area contributed by atoms with E-state index >= 15 is 0 Å². The SMILES string of the molecule is Brc1ccc(N(c2ccc(Br)cc2)c2ccc(-c3ccc(N(c4ccc(Br)cc4)c4ccc(Br)cc4)cc3)cc2)cc1.Brc1ccc(N(c2ccc(Br)cc2)c2ccc(-c3ccc(N(c4ccc(Br)cc4)c4ccc(Br)cc4)cc3)cc2)cc1.Brc1ccc(N(c2ccc(Br)cc2)c2ccc(-c3ccc(N(c4ccc(Br)cc4)c4ccc(Br)cc4)cc3)cc2)cc1. The Hall–Kier alpha value is -9.48. The van der Waals surface area contributed by atoms with Crippen LogP contribution in [0.1, 0.15) is 0 Å². The van der Waals surface area contributed by atoms with Crippen LogP contribution in [0.5, 0.6) is 0 Å². The second-order valence-electron chi connectivity index (χ2n) is 29.0. The van der Waals surface area contributed by atoms with Crippen molar-refractivity contribution in [3.63, 3.8) is 0 Å². The van der Waals surface area contributed by atoms with Crippen molar-refractivity contribution in [3.05, 3.63) is 490 Å². The quantitative estimate of drug-likeness (QED) is 0.0709. The molecular formula is C108H72Br12N6. The maximum Gasteiger partial charge on any atom is 0.0462 e. The molecule has 6 nitrogen and oxygen atoms in total. The van der Waals surface area contributed by atoms with Gasteiger partial charge in [0.05, 0.1) is 0 Å². The molecule has 0 saturated heterocycles. The van der Waals surface area contributed by atoms with Gasteiger partial charge in [0.2, 0.25) is 0 Å².